The van der Waals surface area contributed by atoms with E-state index in [9.17, 15) is 4.79 Å². The van der Waals surface area contributed by atoms with Crippen LogP contribution in [0.1, 0.15) is 40.0 Å². The monoisotopic (exact) mass is 168 g/mol. The maximum absolute atomic E-state index is 10.7. The Bertz CT molecular complexity index is 216. The molecule has 0 aromatic carbocycles. The molecule has 2 nitrogen and oxygen atoms in total. The predicted octanol–water partition coefficient (Wildman–Crippen LogP) is 2.64. The number of ether oxygens (including phenoxy) is 1. The minimum Gasteiger partial charge on any atom is -0.431 e. The van der Waals surface area contributed by atoms with Crippen molar-refractivity contribution in [3.8, 4) is 0 Å². The van der Waals surface area contributed by atoms with E-state index in [2.05, 4.69) is 6.92 Å². The van der Waals surface area contributed by atoms with E-state index in [1.165, 1.54) is 18.9 Å². The van der Waals surface area contributed by atoms with Crippen molar-refractivity contribution >= 4 is 5.97 Å². The fourth-order valence-corrected chi connectivity index (χ4v) is 1.69. The lowest BCUT2D eigenvalue weighted by molar-refractivity contribution is -0.137. The third kappa shape index (κ3) is 2.10. The van der Waals surface area contributed by atoms with Crippen molar-refractivity contribution in [3.05, 3.63) is 11.3 Å². The Labute approximate surface area is 73.6 Å². The SMILES string of the molecule is CC(=O)OC1=C(C)CCCC1C. The number of rotatable bonds is 1. The first kappa shape index (κ1) is 9.30. The summed E-state index contributed by atoms with van der Waals surface area (Å²) in [6, 6.07) is 0. The molecule has 12 heavy (non-hydrogen) atoms. The van der Waals surface area contributed by atoms with Crippen LogP contribution < -0.4 is 0 Å². The molecule has 1 unspecified atom stereocenters. The van der Waals surface area contributed by atoms with Gasteiger partial charge in [0.05, 0.1) is 0 Å². The van der Waals surface area contributed by atoms with E-state index >= 15 is 0 Å². The smallest absolute Gasteiger partial charge is 0.307 e. The van der Waals surface area contributed by atoms with Crippen molar-refractivity contribution < 1.29 is 9.53 Å². The zero-order valence-corrected chi connectivity index (χ0v) is 8.02. The quantitative estimate of drug-likeness (QED) is 0.562. The molecule has 0 bridgehead atoms. The first-order valence-corrected chi connectivity index (χ1v) is 4.49. The van der Waals surface area contributed by atoms with Crippen molar-refractivity contribution in [1.82, 2.24) is 0 Å². The first-order valence-electron chi connectivity index (χ1n) is 4.49. The Balaban J connectivity index is 2.74. The summed E-state index contributed by atoms with van der Waals surface area (Å²) in [4.78, 5) is 10.7. The van der Waals surface area contributed by atoms with Crippen molar-refractivity contribution in [2.45, 2.75) is 40.0 Å². The van der Waals surface area contributed by atoms with Crippen LogP contribution in [0.25, 0.3) is 0 Å². The van der Waals surface area contributed by atoms with Gasteiger partial charge in [-0.3, -0.25) is 4.79 Å². The van der Waals surface area contributed by atoms with Crippen LogP contribution in [-0.2, 0) is 9.53 Å². The molecule has 0 amide bonds. The number of carbonyl (C=O) groups is 1. The van der Waals surface area contributed by atoms with Gasteiger partial charge in [0.1, 0.15) is 5.76 Å². The Hall–Kier alpha value is -0.790. The van der Waals surface area contributed by atoms with Gasteiger partial charge in [0.15, 0.2) is 0 Å². The Morgan fingerprint density at radius 1 is 1.58 bits per heavy atom. The molecule has 1 rings (SSSR count). The van der Waals surface area contributed by atoms with Crippen LogP contribution in [0, 0.1) is 5.92 Å². The van der Waals surface area contributed by atoms with Crippen LogP contribution >= 0.6 is 0 Å². The molecule has 0 heterocycles. The molecular weight excluding hydrogens is 152 g/mol. The van der Waals surface area contributed by atoms with Crippen LogP contribution in [0.4, 0.5) is 0 Å². The van der Waals surface area contributed by atoms with E-state index < -0.39 is 0 Å². The molecule has 1 aliphatic carbocycles. The Morgan fingerprint density at radius 2 is 2.25 bits per heavy atom. The van der Waals surface area contributed by atoms with Crippen molar-refractivity contribution in [2.24, 2.45) is 5.92 Å². The normalized spacial score (nSPS) is 24.1. The molecule has 0 saturated carbocycles. The van der Waals surface area contributed by atoms with Crippen LogP contribution in [0.15, 0.2) is 11.3 Å². The number of hydrogen-bond donors (Lipinski definition) is 0. The zero-order valence-electron chi connectivity index (χ0n) is 8.02. The van der Waals surface area contributed by atoms with E-state index in [0.29, 0.717) is 5.92 Å². The van der Waals surface area contributed by atoms with E-state index in [0.717, 1.165) is 18.6 Å². The summed E-state index contributed by atoms with van der Waals surface area (Å²) in [6.07, 6.45) is 3.44. The van der Waals surface area contributed by atoms with Gasteiger partial charge in [-0.1, -0.05) is 6.92 Å². The summed E-state index contributed by atoms with van der Waals surface area (Å²) < 4.78 is 5.16. The summed E-state index contributed by atoms with van der Waals surface area (Å²) in [5.41, 5.74) is 1.24. The van der Waals surface area contributed by atoms with E-state index in [-0.39, 0.29) is 5.97 Å². The molecule has 0 saturated heterocycles. The summed E-state index contributed by atoms with van der Waals surface area (Å²) >= 11 is 0. The molecule has 0 N–H and O–H groups in total. The second-order valence-electron chi connectivity index (χ2n) is 3.53. The highest BCUT2D eigenvalue weighted by Gasteiger charge is 2.19. The van der Waals surface area contributed by atoms with Crippen LogP contribution in [0.5, 0.6) is 0 Å². The Morgan fingerprint density at radius 3 is 2.75 bits per heavy atom. The molecular formula is C10H16O2. The molecule has 0 spiro atoms. The van der Waals surface area contributed by atoms with Crippen LogP contribution in [-0.4, -0.2) is 5.97 Å². The first-order chi connectivity index (χ1) is 5.61. The zero-order chi connectivity index (χ0) is 9.14. The highest BCUT2D eigenvalue weighted by atomic mass is 16.5. The number of allylic oxidation sites excluding steroid dienone is 2. The van der Waals surface area contributed by atoms with Gasteiger partial charge in [0, 0.05) is 12.8 Å². The fraction of sp³-hybridized carbons (Fsp3) is 0.700. The average Bonchev–Trinajstić information content (AvgIpc) is 1.97. The molecule has 0 aliphatic heterocycles. The van der Waals surface area contributed by atoms with E-state index in [4.69, 9.17) is 4.74 Å². The molecule has 2 heteroatoms. The number of hydrogen-bond acceptors (Lipinski definition) is 2. The predicted molar refractivity (Wildman–Crippen MR) is 47.5 cm³/mol. The van der Waals surface area contributed by atoms with E-state index in [1.807, 2.05) is 6.92 Å². The van der Waals surface area contributed by atoms with Crippen LogP contribution in [0.3, 0.4) is 0 Å². The van der Waals surface area contributed by atoms with Crippen molar-refractivity contribution in [1.29, 1.82) is 0 Å². The second kappa shape index (κ2) is 3.74. The standard InChI is InChI=1S/C10H16O2/c1-7-5-4-6-8(2)10(7)12-9(3)11/h7H,4-6H2,1-3H3. The topological polar surface area (TPSA) is 26.3 Å². The highest BCUT2D eigenvalue weighted by Crippen LogP contribution is 2.30. The molecule has 0 radical (unpaired) electrons. The second-order valence-corrected chi connectivity index (χ2v) is 3.53. The number of esters is 1. The van der Waals surface area contributed by atoms with Gasteiger partial charge in [-0.2, -0.15) is 0 Å². The van der Waals surface area contributed by atoms with Gasteiger partial charge in [0.2, 0.25) is 0 Å². The number of carbonyl (C=O) groups excluding carboxylic acids is 1. The molecule has 0 aromatic heterocycles. The largest absolute Gasteiger partial charge is 0.431 e. The Kier molecular flexibility index (Phi) is 2.90. The van der Waals surface area contributed by atoms with Gasteiger partial charge >= 0.3 is 5.97 Å². The van der Waals surface area contributed by atoms with Gasteiger partial charge in [-0.15, -0.1) is 0 Å². The lowest BCUT2D eigenvalue weighted by Crippen LogP contribution is -2.13. The fourth-order valence-electron chi connectivity index (χ4n) is 1.69. The van der Waals surface area contributed by atoms with Gasteiger partial charge in [0.25, 0.3) is 0 Å². The van der Waals surface area contributed by atoms with Gasteiger partial charge in [-0.05, 0) is 31.8 Å². The van der Waals surface area contributed by atoms with Crippen molar-refractivity contribution in [3.63, 3.8) is 0 Å². The van der Waals surface area contributed by atoms with E-state index in [1.54, 1.807) is 0 Å². The van der Waals surface area contributed by atoms with Crippen LogP contribution in [0.2, 0.25) is 0 Å². The highest BCUT2D eigenvalue weighted by molar-refractivity contribution is 5.67. The van der Waals surface area contributed by atoms with Crippen molar-refractivity contribution in [2.75, 3.05) is 0 Å². The lowest BCUT2D eigenvalue weighted by atomic mass is 9.90. The summed E-state index contributed by atoms with van der Waals surface area (Å²) in [5.74, 6) is 1.13. The minimum absolute atomic E-state index is 0.196. The molecule has 1 aliphatic rings. The third-order valence-electron chi connectivity index (χ3n) is 2.31. The summed E-state index contributed by atoms with van der Waals surface area (Å²) in [6.45, 7) is 5.62. The molecule has 1 atom stereocenters. The third-order valence-corrected chi connectivity index (χ3v) is 2.31. The van der Waals surface area contributed by atoms with Gasteiger partial charge in [-0.25, -0.2) is 0 Å². The molecule has 68 valence electrons. The summed E-state index contributed by atoms with van der Waals surface area (Å²) in [5, 5.41) is 0. The summed E-state index contributed by atoms with van der Waals surface area (Å²) in [7, 11) is 0. The molecule has 0 aromatic rings. The maximum atomic E-state index is 10.7. The maximum Gasteiger partial charge on any atom is 0.307 e. The average molecular weight is 168 g/mol. The minimum atomic E-state index is -0.196. The lowest BCUT2D eigenvalue weighted by Gasteiger charge is -2.22. The molecule has 0 fully saturated rings. The van der Waals surface area contributed by atoms with Gasteiger partial charge < -0.3 is 4.74 Å².